The van der Waals surface area contributed by atoms with E-state index < -0.39 is 67.8 Å². The summed E-state index contributed by atoms with van der Waals surface area (Å²) in [7, 11) is -4.38. The summed E-state index contributed by atoms with van der Waals surface area (Å²) in [5.74, 6) is -4.95. The molecule has 2 aromatic rings. The van der Waals surface area contributed by atoms with Gasteiger partial charge >= 0.3 is 11.5 Å². The van der Waals surface area contributed by atoms with Crippen LogP contribution in [0.4, 0.5) is 23.2 Å². The van der Waals surface area contributed by atoms with Gasteiger partial charge in [-0.25, -0.2) is 12.8 Å². The molecule has 0 saturated heterocycles. The average Bonchev–Trinajstić information content (AvgIpc) is 3.59. The monoisotopic (exact) mass is 656 g/mol. The number of anilines is 1. The van der Waals surface area contributed by atoms with Gasteiger partial charge in [0.2, 0.25) is 5.91 Å². The second kappa shape index (κ2) is 12.5. The molecule has 0 heterocycles. The smallest absolute Gasteiger partial charge is 0.496 e. The Morgan fingerprint density at radius 2 is 1.71 bits per heavy atom. The normalized spacial score (nSPS) is 26.2. The van der Waals surface area contributed by atoms with E-state index in [-0.39, 0.29) is 41.0 Å². The first kappa shape index (κ1) is 32.5. The van der Waals surface area contributed by atoms with Crippen molar-refractivity contribution in [3.05, 3.63) is 47.8 Å². The molecule has 244 valence electrons. The van der Waals surface area contributed by atoms with E-state index in [0.717, 1.165) is 30.7 Å². The molecule has 45 heavy (non-hydrogen) atoms. The Labute approximate surface area is 256 Å². The minimum absolute atomic E-state index is 0.0634. The number of rotatable bonds is 9. The molecule has 15 heteroatoms. The van der Waals surface area contributed by atoms with E-state index in [9.17, 15) is 45.5 Å². The SMILES string of the molecule is COc1cc(F)c(OC2CCCC(C(=O)O)C2)cc1C(=O)N[C@@H]1[C@H]2CC[C@H](C2)[C@@H]1C(=O)Nc1cccc(S(=O)(=O)C(F)(F)F)c1. The molecule has 0 aromatic heterocycles. The fourth-order valence-electron chi connectivity index (χ4n) is 6.83. The van der Waals surface area contributed by atoms with Gasteiger partial charge in [0.1, 0.15) is 5.75 Å². The molecular weight excluding hydrogens is 624 g/mol. The molecule has 0 spiro atoms. The highest BCUT2D eigenvalue weighted by molar-refractivity contribution is 7.92. The quantitative estimate of drug-likeness (QED) is 0.322. The number of fused-ring (bicyclic) bond motifs is 2. The molecule has 3 saturated carbocycles. The Kier molecular flexibility index (Phi) is 9.02. The van der Waals surface area contributed by atoms with Crippen LogP contribution in [0, 0.1) is 29.5 Å². The number of nitrogens with one attached hydrogen (secondary N) is 2. The predicted octanol–water partition coefficient (Wildman–Crippen LogP) is 4.93. The second-order valence-corrected chi connectivity index (χ2v) is 13.7. The summed E-state index contributed by atoms with van der Waals surface area (Å²) in [6, 6.07) is 5.38. The number of carboxylic acid groups (broad SMARTS) is 1. The second-order valence-electron chi connectivity index (χ2n) is 11.7. The molecule has 3 N–H and O–H groups in total. The van der Waals surface area contributed by atoms with Gasteiger partial charge in [-0.3, -0.25) is 14.4 Å². The fraction of sp³-hybridized carbons (Fsp3) is 0.500. The standard InChI is InChI=1S/C30H32F4N2O8S/c1-43-23-14-22(31)24(44-19-6-2-4-17(11-19)29(39)40)13-21(23)27(37)36-26-16-9-8-15(10-16)25(26)28(38)35-18-5-3-7-20(12-18)45(41,42)30(32,33)34/h3,5,7,12-17,19,25-26H,2,4,6,8-11H2,1H3,(H,35,38)(H,36,37)(H,39,40)/t15-,16+,17?,19?,25+,26-/m1/s1. The predicted molar refractivity (Wildman–Crippen MR) is 151 cm³/mol. The zero-order valence-electron chi connectivity index (χ0n) is 24.1. The third-order valence-electron chi connectivity index (χ3n) is 9.00. The number of methoxy groups -OCH3 is 1. The van der Waals surface area contributed by atoms with Crippen molar-refractivity contribution in [2.45, 2.75) is 67.5 Å². The van der Waals surface area contributed by atoms with Crippen molar-refractivity contribution in [3.63, 3.8) is 0 Å². The third-order valence-corrected chi connectivity index (χ3v) is 10.5. The number of carbonyl (C=O) groups excluding carboxylic acids is 2. The number of carbonyl (C=O) groups is 3. The van der Waals surface area contributed by atoms with E-state index in [0.29, 0.717) is 32.1 Å². The van der Waals surface area contributed by atoms with E-state index in [2.05, 4.69) is 10.6 Å². The van der Waals surface area contributed by atoms with Crippen LogP contribution in [-0.4, -0.2) is 56.1 Å². The Bertz CT molecular complexity index is 1600. The number of sulfone groups is 1. The van der Waals surface area contributed by atoms with Crippen LogP contribution in [0.3, 0.4) is 0 Å². The summed E-state index contributed by atoms with van der Waals surface area (Å²) >= 11 is 0. The number of hydrogen-bond acceptors (Lipinski definition) is 7. The van der Waals surface area contributed by atoms with Crippen LogP contribution in [0.15, 0.2) is 41.3 Å². The Morgan fingerprint density at radius 3 is 2.40 bits per heavy atom. The van der Waals surface area contributed by atoms with Crippen LogP contribution in [0.2, 0.25) is 0 Å². The van der Waals surface area contributed by atoms with Gasteiger partial charge in [-0.2, -0.15) is 13.2 Å². The molecule has 0 radical (unpaired) electrons. The summed E-state index contributed by atoms with van der Waals surface area (Å²) in [4.78, 5) is 37.4. The maximum Gasteiger partial charge on any atom is 0.501 e. The van der Waals surface area contributed by atoms with E-state index >= 15 is 0 Å². The summed E-state index contributed by atoms with van der Waals surface area (Å²) in [5, 5.41) is 14.7. The molecule has 2 bridgehead atoms. The van der Waals surface area contributed by atoms with Gasteiger partial charge in [-0.1, -0.05) is 6.07 Å². The Morgan fingerprint density at radius 1 is 0.978 bits per heavy atom. The van der Waals surface area contributed by atoms with Crippen LogP contribution in [0.25, 0.3) is 0 Å². The maximum atomic E-state index is 15.0. The summed E-state index contributed by atoms with van der Waals surface area (Å²) in [6.45, 7) is 0. The number of amides is 2. The lowest BCUT2D eigenvalue weighted by atomic mass is 9.83. The van der Waals surface area contributed by atoms with Crippen LogP contribution >= 0.6 is 0 Å². The molecule has 0 aliphatic heterocycles. The van der Waals surface area contributed by atoms with E-state index in [4.69, 9.17) is 9.47 Å². The highest BCUT2D eigenvalue weighted by Gasteiger charge is 2.52. The van der Waals surface area contributed by atoms with Gasteiger partial charge in [0.25, 0.3) is 15.7 Å². The van der Waals surface area contributed by atoms with Crippen molar-refractivity contribution in [2.24, 2.45) is 23.7 Å². The molecule has 10 nitrogen and oxygen atoms in total. The minimum atomic E-state index is -5.63. The number of carboxylic acids is 1. The fourth-order valence-corrected chi connectivity index (χ4v) is 7.64. The maximum absolute atomic E-state index is 15.0. The Hall–Kier alpha value is -3.88. The van der Waals surface area contributed by atoms with Crippen molar-refractivity contribution in [3.8, 4) is 11.5 Å². The third kappa shape index (κ3) is 6.58. The molecule has 2 aromatic carbocycles. The zero-order chi connectivity index (χ0) is 32.7. The minimum Gasteiger partial charge on any atom is -0.496 e. The van der Waals surface area contributed by atoms with E-state index in [1.54, 1.807) is 0 Å². The molecule has 2 unspecified atom stereocenters. The first-order valence-electron chi connectivity index (χ1n) is 14.5. The molecule has 3 aliphatic carbocycles. The van der Waals surface area contributed by atoms with Gasteiger partial charge in [0, 0.05) is 17.8 Å². The van der Waals surface area contributed by atoms with Crippen molar-refractivity contribution >= 4 is 33.3 Å². The summed E-state index contributed by atoms with van der Waals surface area (Å²) in [5.41, 5.74) is -5.72. The zero-order valence-corrected chi connectivity index (χ0v) is 24.9. The highest BCUT2D eigenvalue weighted by atomic mass is 32.2. The van der Waals surface area contributed by atoms with Crippen molar-refractivity contribution in [1.29, 1.82) is 0 Å². The number of alkyl halides is 3. The summed E-state index contributed by atoms with van der Waals surface area (Å²) in [6.07, 6.45) is 3.25. The van der Waals surface area contributed by atoms with Crippen LogP contribution in [-0.2, 0) is 19.4 Å². The molecule has 3 fully saturated rings. The number of hydrogen-bond donors (Lipinski definition) is 3. The largest absolute Gasteiger partial charge is 0.501 e. The number of halogens is 4. The Balaban J connectivity index is 1.34. The van der Waals surface area contributed by atoms with E-state index in [1.165, 1.54) is 19.2 Å². The van der Waals surface area contributed by atoms with Crippen molar-refractivity contribution in [1.82, 2.24) is 5.32 Å². The van der Waals surface area contributed by atoms with Crippen molar-refractivity contribution < 1.29 is 54.9 Å². The van der Waals surface area contributed by atoms with Crippen LogP contribution in [0.5, 0.6) is 11.5 Å². The van der Waals surface area contributed by atoms with Crippen LogP contribution in [0.1, 0.15) is 55.3 Å². The lowest BCUT2D eigenvalue weighted by Gasteiger charge is -2.31. The van der Waals surface area contributed by atoms with Gasteiger partial charge in [0.15, 0.2) is 11.6 Å². The number of aliphatic carboxylic acids is 1. The van der Waals surface area contributed by atoms with Gasteiger partial charge in [-0.15, -0.1) is 0 Å². The van der Waals surface area contributed by atoms with Crippen LogP contribution < -0.4 is 20.1 Å². The molecule has 5 rings (SSSR count). The average molecular weight is 657 g/mol. The first-order chi connectivity index (χ1) is 21.2. The molecule has 3 aliphatic rings. The number of benzene rings is 2. The molecular formula is C30H32F4N2O8S. The lowest BCUT2D eigenvalue weighted by Crippen LogP contribution is -2.48. The number of ether oxygens (including phenoxy) is 2. The van der Waals surface area contributed by atoms with Crippen molar-refractivity contribution in [2.75, 3.05) is 12.4 Å². The van der Waals surface area contributed by atoms with E-state index in [1.807, 2.05) is 0 Å². The van der Waals surface area contributed by atoms with Gasteiger partial charge < -0.3 is 25.2 Å². The van der Waals surface area contributed by atoms with Gasteiger partial charge in [-0.05, 0) is 81.0 Å². The highest BCUT2D eigenvalue weighted by Crippen LogP contribution is 2.49. The molecule has 2 amide bonds. The topological polar surface area (TPSA) is 148 Å². The molecule has 6 atom stereocenters. The lowest BCUT2D eigenvalue weighted by molar-refractivity contribution is -0.143. The first-order valence-corrected chi connectivity index (χ1v) is 16.0. The van der Waals surface area contributed by atoms with Gasteiger partial charge in [0.05, 0.1) is 35.5 Å². The summed E-state index contributed by atoms with van der Waals surface area (Å²) < 4.78 is 88.9.